The molecule has 0 radical (unpaired) electrons. The summed E-state index contributed by atoms with van der Waals surface area (Å²) < 4.78 is 0.872. The van der Waals surface area contributed by atoms with Gasteiger partial charge < -0.3 is 16.4 Å². The molecule has 1 unspecified atom stereocenters. The maximum Gasteiger partial charge on any atom is 0.232 e. The molecule has 0 saturated heterocycles. The van der Waals surface area contributed by atoms with Crippen molar-refractivity contribution in [2.45, 2.75) is 35.4 Å². The summed E-state index contributed by atoms with van der Waals surface area (Å²) in [5, 5.41) is 15.7. The summed E-state index contributed by atoms with van der Waals surface area (Å²) in [6, 6.07) is 10.3. The normalized spacial score (nSPS) is 14.8. The molecular weight excluding hydrogens is 368 g/mol. The summed E-state index contributed by atoms with van der Waals surface area (Å²) in [5.74, 6) is 1.22. The van der Waals surface area contributed by atoms with Crippen molar-refractivity contribution in [3.05, 3.63) is 36.2 Å². The minimum atomic E-state index is -0.0293. The quantitative estimate of drug-likeness (QED) is 0.525. The Morgan fingerprint density at radius 2 is 1.96 bits per heavy atom. The molecule has 1 aliphatic rings. The third-order valence-corrected chi connectivity index (χ3v) is 5.69. The molecule has 2 aromatic heterocycles. The Labute approximate surface area is 159 Å². The molecule has 8 nitrogen and oxygen atoms in total. The number of thioether (sulfide) groups is 1. The zero-order valence-electron chi connectivity index (χ0n) is 14.1. The summed E-state index contributed by atoms with van der Waals surface area (Å²) in [6.07, 6.45) is 2.42. The molecule has 4 N–H and O–H groups in total. The van der Waals surface area contributed by atoms with Crippen LogP contribution in [0.4, 0.5) is 22.7 Å². The summed E-state index contributed by atoms with van der Waals surface area (Å²) in [7, 11) is 0. The highest BCUT2D eigenvalue weighted by Gasteiger charge is 2.23. The average molecular weight is 387 g/mol. The van der Waals surface area contributed by atoms with Crippen LogP contribution in [0.25, 0.3) is 0 Å². The lowest BCUT2D eigenvalue weighted by Crippen LogP contribution is -2.08. The van der Waals surface area contributed by atoms with Gasteiger partial charge in [-0.05, 0) is 31.9 Å². The minimum absolute atomic E-state index is 0.0293. The molecule has 1 saturated carbocycles. The average Bonchev–Trinajstić information content (AvgIpc) is 3.33. The van der Waals surface area contributed by atoms with Gasteiger partial charge in [0, 0.05) is 11.7 Å². The second-order valence-electron chi connectivity index (χ2n) is 5.92. The van der Waals surface area contributed by atoms with Crippen LogP contribution >= 0.6 is 23.1 Å². The number of hydrogen-bond donors (Lipinski definition) is 3. The zero-order chi connectivity index (χ0) is 17.9. The lowest BCUT2D eigenvalue weighted by atomic mass is 10.3. The number of nitrogens with zero attached hydrogens (tertiary/aromatic N) is 5. The van der Waals surface area contributed by atoms with Crippen molar-refractivity contribution in [2.24, 2.45) is 0 Å². The van der Waals surface area contributed by atoms with Gasteiger partial charge in [-0.2, -0.15) is 15.0 Å². The van der Waals surface area contributed by atoms with E-state index in [2.05, 4.69) is 35.8 Å². The third kappa shape index (κ3) is 4.38. The zero-order valence-corrected chi connectivity index (χ0v) is 15.7. The summed E-state index contributed by atoms with van der Waals surface area (Å²) in [5.41, 5.74) is 6.76. The first-order chi connectivity index (χ1) is 12.7. The largest absolute Gasteiger partial charge is 0.368 e. The minimum Gasteiger partial charge on any atom is -0.368 e. The second-order valence-corrected chi connectivity index (χ2v) is 8.48. The van der Waals surface area contributed by atoms with Crippen molar-refractivity contribution < 1.29 is 0 Å². The predicted molar refractivity (Wildman–Crippen MR) is 105 cm³/mol. The maximum absolute atomic E-state index is 5.86. The van der Waals surface area contributed by atoms with Crippen LogP contribution in [-0.2, 0) is 0 Å². The molecular formula is C16H18N8S2. The highest BCUT2D eigenvalue weighted by molar-refractivity contribution is 8.01. The topological polar surface area (TPSA) is 115 Å². The summed E-state index contributed by atoms with van der Waals surface area (Å²) in [6.45, 7) is 2.02. The molecule has 3 aromatic rings. The van der Waals surface area contributed by atoms with Crippen molar-refractivity contribution in [3.8, 4) is 0 Å². The highest BCUT2D eigenvalue weighted by atomic mass is 32.2. The Kier molecular flexibility index (Phi) is 4.85. The Morgan fingerprint density at radius 1 is 1.15 bits per heavy atom. The number of para-hydroxylation sites is 1. The van der Waals surface area contributed by atoms with E-state index in [1.165, 1.54) is 12.8 Å². The molecule has 1 aliphatic carbocycles. The Balaban J connectivity index is 1.46. The summed E-state index contributed by atoms with van der Waals surface area (Å²) >= 11 is 3.10. The lowest BCUT2D eigenvalue weighted by molar-refractivity contribution is 0.892. The smallest absolute Gasteiger partial charge is 0.232 e. The number of nitrogens with two attached hydrogens (primary N) is 1. The number of benzene rings is 1. The molecule has 0 bridgehead atoms. The van der Waals surface area contributed by atoms with Gasteiger partial charge in [0.25, 0.3) is 0 Å². The second kappa shape index (κ2) is 7.42. The van der Waals surface area contributed by atoms with Crippen LogP contribution in [0.2, 0.25) is 0 Å². The van der Waals surface area contributed by atoms with Crippen LogP contribution in [0, 0.1) is 0 Å². The van der Waals surface area contributed by atoms with E-state index in [9.17, 15) is 0 Å². The molecule has 1 aromatic carbocycles. The van der Waals surface area contributed by atoms with Gasteiger partial charge in [0.15, 0.2) is 4.34 Å². The molecule has 134 valence electrons. The fourth-order valence-electron chi connectivity index (χ4n) is 2.22. The first kappa shape index (κ1) is 17.0. The number of hydrogen-bond acceptors (Lipinski definition) is 10. The maximum atomic E-state index is 5.86. The number of nitrogen functional groups attached to an aromatic ring is 1. The van der Waals surface area contributed by atoms with Crippen LogP contribution < -0.4 is 16.4 Å². The molecule has 4 rings (SSSR count). The number of anilines is 4. The molecule has 0 aliphatic heterocycles. The van der Waals surface area contributed by atoms with Gasteiger partial charge in [0.2, 0.25) is 17.0 Å². The van der Waals surface area contributed by atoms with Crippen molar-refractivity contribution >= 4 is 45.8 Å². The van der Waals surface area contributed by atoms with E-state index in [1.807, 2.05) is 37.3 Å². The first-order valence-corrected chi connectivity index (χ1v) is 9.95. The van der Waals surface area contributed by atoms with Gasteiger partial charge in [0.05, 0.1) is 5.25 Å². The van der Waals surface area contributed by atoms with Crippen LogP contribution in [0.1, 0.15) is 30.8 Å². The van der Waals surface area contributed by atoms with Crippen LogP contribution in [0.15, 0.2) is 34.7 Å². The highest BCUT2D eigenvalue weighted by Crippen LogP contribution is 2.37. The Bertz CT molecular complexity index is 881. The first-order valence-electron chi connectivity index (χ1n) is 8.26. The fraction of sp³-hybridized carbons (Fsp3) is 0.312. The van der Waals surface area contributed by atoms with Crippen LogP contribution in [-0.4, -0.2) is 31.2 Å². The van der Waals surface area contributed by atoms with Crippen LogP contribution in [0.5, 0.6) is 0 Å². The van der Waals surface area contributed by atoms with E-state index in [-0.39, 0.29) is 11.2 Å². The SMILES string of the molecule is CC(Sc1nnc(NC2CC2)s1)c1nc(N)nc(Nc2ccccc2)n1. The molecule has 1 atom stereocenters. The number of nitrogens with one attached hydrogen (secondary N) is 2. The third-order valence-electron chi connectivity index (χ3n) is 3.65. The van der Waals surface area contributed by atoms with E-state index < -0.39 is 0 Å². The van der Waals surface area contributed by atoms with Gasteiger partial charge in [-0.1, -0.05) is 41.3 Å². The van der Waals surface area contributed by atoms with Gasteiger partial charge in [0.1, 0.15) is 5.82 Å². The lowest BCUT2D eigenvalue weighted by Gasteiger charge is -2.10. The number of aromatic nitrogens is 5. The number of rotatable bonds is 7. The van der Waals surface area contributed by atoms with Gasteiger partial charge >= 0.3 is 0 Å². The van der Waals surface area contributed by atoms with E-state index in [0.717, 1.165) is 15.2 Å². The van der Waals surface area contributed by atoms with Gasteiger partial charge in [-0.15, -0.1) is 10.2 Å². The van der Waals surface area contributed by atoms with Crippen molar-refractivity contribution in [1.29, 1.82) is 0 Å². The monoisotopic (exact) mass is 386 g/mol. The van der Waals surface area contributed by atoms with Crippen molar-refractivity contribution in [1.82, 2.24) is 25.1 Å². The predicted octanol–water partition coefficient (Wildman–Crippen LogP) is 3.48. The van der Waals surface area contributed by atoms with Gasteiger partial charge in [-0.3, -0.25) is 0 Å². The molecule has 0 spiro atoms. The van der Waals surface area contributed by atoms with Crippen molar-refractivity contribution in [3.63, 3.8) is 0 Å². The molecule has 0 amide bonds. The van der Waals surface area contributed by atoms with E-state index in [0.29, 0.717) is 17.8 Å². The van der Waals surface area contributed by atoms with Crippen LogP contribution in [0.3, 0.4) is 0 Å². The molecule has 2 heterocycles. The molecule has 10 heteroatoms. The molecule has 26 heavy (non-hydrogen) atoms. The van der Waals surface area contributed by atoms with Crippen molar-refractivity contribution in [2.75, 3.05) is 16.4 Å². The fourth-order valence-corrected chi connectivity index (χ4v) is 4.24. The molecule has 1 fully saturated rings. The summed E-state index contributed by atoms with van der Waals surface area (Å²) in [4.78, 5) is 12.9. The van der Waals surface area contributed by atoms with Gasteiger partial charge in [-0.25, -0.2) is 0 Å². The van der Waals surface area contributed by atoms with E-state index in [1.54, 1.807) is 23.1 Å². The van der Waals surface area contributed by atoms with E-state index >= 15 is 0 Å². The standard InChI is InChI=1S/C16H18N8S2/c1-9(25-16-24-23-15(26-16)19-11-7-8-11)12-20-13(17)22-14(21-12)18-10-5-3-2-4-6-10/h2-6,9,11H,7-8H2,1H3,(H,19,23)(H3,17,18,20,21,22). The van der Waals surface area contributed by atoms with E-state index in [4.69, 9.17) is 5.73 Å². The Morgan fingerprint density at radius 3 is 2.73 bits per heavy atom. The Hall–Kier alpha value is -2.46.